The molecule has 0 aliphatic carbocycles. The molecule has 0 aliphatic rings. The fraction of sp³-hybridized carbons (Fsp3) is 0. The van der Waals surface area contributed by atoms with E-state index in [4.69, 9.17) is 44.9 Å². The van der Waals surface area contributed by atoms with Crippen LogP contribution in [0.4, 0.5) is 0 Å². The van der Waals surface area contributed by atoms with Crippen molar-refractivity contribution < 1.29 is 0 Å². The standard InChI is InChI=1S/C83H49N13/c84-50-52-38-43-73(95-69-36-20-18-34-63(69)66-47-59(40-44-71(66)95)80-88-75(53-22-6-1-7-23-53)86-76(89-80)54-24-8-2-9-25-54)68(46-52)83-93-79(57-30-14-5-15-31-57)92-82(94-83)65-42-39-58(62-33-17-16-32-61(62)51-85)49-74(65)96-70-37-21-19-35-64(70)67-48-60(41-45-72(67)96)81-90-77(55-26-10-3-11-27-55)87-78(91-81)56-28-12-4-13-29-56/h1-49H. The number of para-hydroxylation sites is 2. The molecule has 0 spiro atoms. The molecule has 5 heterocycles. The third-order valence-electron chi connectivity index (χ3n) is 17.4. The second kappa shape index (κ2) is 23.8. The Labute approximate surface area is 550 Å². The molecule has 0 fully saturated rings. The maximum atomic E-state index is 10.8. The minimum absolute atomic E-state index is 0.347. The van der Waals surface area contributed by atoms with Crippen molar-refractivity contribution in [1.82, 2.24) is 54.0 Å². The third kappa shape index (κ3) is 10.1. The van der Waals surface area contributed by atoms with Crippen molar-refractivity contribution in [2.24, 2.45) is 0 Å². The van der Waals surface area contributed by atoms with Crippen LogP contribution in [0.2, 0.25) is 0 Å². The largest absolute Gasteiger partial charge is 0.308 e. The predicted molar refractivity (Wildman–Crippen MR) is 379 cm³/mol. The lowest BCUT2D eigenvalue weighted by molar-refractivity contribution is 1.06. The van der Waals surface area contributed by atoms with Crippen LogP contribution in [0.25, 0.3) is 169 Å². The molecule has 5 aromatic heterocycles. The second-order valence-electron chi connectivity index (χ2n) is 23.2. The van der Waals surface area contributed by atoms with Crippen LogP contribution in [0.5, 0.6) is 0 Å². The summed E-state index contributed by atoms with van der Waals surface area (Å²) in [6.07, 6.45) is 0. The number of hydrogen-bond acceptors (Lipinski definition) is 11. The molecule has 0 N–H and O–H groups in total. The van der Waals surface area contributed by atoms with Gasteiger partial charge < -0.3 is 9.13 Å². The summed E-state index contributed by atoms with van der Waals surface area (Å²) < 4.78 is 4.47. The quantitative estimate of drug-likeness (QED) is 0.114. The lowest BCUT2D eigenvalue weighted by Crippen LogP contribution is -2.06. The first kappa shape index (κ1) is 56.2. The van der Waals surface area contributed by atoms with Gasteiger partial charge in [0, 0.05) is 71.6 Å². The first-order chi connectivity index (χ1) is 47.5. The minimum Gasteiger partial charge on any atom is -0.308 e. The van der Waals surface area contributed by atoms with Crippen LogP contribution < -0.4 is 0 Å². The van der Waals surface area contributed by atoms with E-state index in [1.165, 1.54) is 0 Å². The Bertz CT molecular complexity index is 5860. The van der Waals surface area contributed by atoms with Crippen molar-refractivity contribution in [2.75, 3.05) is 0 Å². The zero-order valence-electron chi connectivity index (χ0n) is 51.1. The predicted octanol–water partition coefficient (Wildman–Crippen LogP) is 18.8. The Kier molecular flexibility index (Phi) is 13.9. The van der Waals surface area contributed by atoms with Crippen molar-refractivity contribution in [1.29, 1.82) is 10.5 Å². The summed E-state index contributed by atoms with van der Waals surface area (Å²) >= 11 is 0. The van der Waals surface area contributed by atoms with Crippen LogP contribution in [0.1, 0.15) is 11.1 Å². The van der Waals surface area contributed by atoms with E-state index in [2.05, 4.69) is 94.1 Å². The van der Waals surface area contributed by atoms with Crippen molar-refractivity contribution in [3.8, 4) is 137 Å². The molecule has 0 bridgehead atoms. The van der Waals surface area contributed by atoms with E-state index in [1.54, 1.807) is 0 Å². The molecular formula is C83H49N13. The molecule has 0 saturated carbocycles. The molecule has 446 valence electrons. The molecule has 13 nitrogen and oxygen atoms in total. The SMILES string of the molecule is N#Cc1ccc(-n2c3ccccc3c3cc(-c4nc(-c5ccccc5)nc(-c5ccccc5)n4)ccc32)c(-c2nc(-c3ccccc3)nc(-c3ccc(-c4ccccc4C#N)cc3-n3c4ccccc4c4cc(-c5nc(-c6ccccc6)nc(-c6ccccc6)n5)ccc43)n2)c1. The summed E-state index contributed by atoms with van der Waals surface area (Å²) in [7, 11) is 0. The Balaban J connectivity index is 0.870. The van der Waals surface area contributed by atoms with Gasteiger partial charge in [-0.3, -0.25) is 0 Å². The highest BCUT2D eigenvalue weighted by Crippen LogP contribution is 2.43. The molecule has 13 heteroatoms. The minimum atomic E-state index is 0.347. The van der Waals surface area contributed by atoms with Crippen molar-refractivity contribution >= 4 is 43.6 Å². The summed E-state index contributed by atoms with van der Waals surface area (Å²) in [4.78, 5) is 46.8. The third-order valence-corrected chi connectivity index (χ3v) is 17.4. The van der Waals surface area contributed by atoms with E-state index >= 15 is 0 Å². The topological polar surface area (TPSA) is 173 Å². The molecule has 0 amide bonds. The number of rotatable bonds is 12. The van der Waals surface area contributed by atoms with Gasteiger partial charge in [0.2, 0.25) is 0 Å². The summed E-state index contributed by atoms with van der Waals surface area (Å²) in [5.74, 6) is 4.49. The lowest BCUT2D eigenvalue weighted by Gasteiger charge is -2.18. The fourth-order valence-electron chi connectivity index (χ4n) is 12.8. The summed E-state index contributed by atoms with van der Waals surface area (Å²) in [5.41, 5.74) is 14.9. The van der Waals surface area contributed by atoms with Crippen LogP contribution in [-0.2, 0) is 0 Å². The fourth-order valence-corrected chi connectivity index (χ4v) is 12.8. The molecule has 0 radical (unpaired) electrons. The molecule has 0 atom stereocenters. The van der Waals surface area contributed by atoms with Gasteiger partial charge in [0.1, 0.15) is 0 Å². The van der Waals surface area contributed by atoms with Crippen LogP contribution in [-0.4, -0.2) is 54.0 Å². The molecule has 0 saturated heterocycles. The Morgan fingerprint density at radius 1 is 0.219 bits per heavy atom. The van der Waals surface area contributed by atoms with E-state index in [1.807, 2.05) is 224 Å². The van der Waals surface area contributed by atoms with E-state index in [0.717, 1.165) is 105 Å². The van der Waals surface area contributed by atoms with Crippen LogP contribution >= 0.6 is 0 Å². The van der Waals surface area contributed by atoms with E-state index in [0.29, 0.717) is 74.7 Å². The highest BCUT2D eigenvalue weighted by molar-refractivity contribution is 6.12. The average Bonchev–Trinajstić information content (AvgIpc) is 1.58. The van der Waals surface area contributed by atoms with Crippen molar-refractivity contribution in [3.63, 3.8) is 0 Å². The van der Waals surface area contributed by atoms with E-state index in [-0.39, 0.29) is 0 Å². The Morgan fingerprint density at radius 2 is 0.573 bits per heavy atom. The second-order valence-corrected chi connectivity index (χ2v) is 23.2. The summed E-state index contributed by atoms with van der Waals surface area (Å²) in [5, 5.41) is 25.3. The first-order valence-corrected chi connectivity index (χ1v) is 31.3. The van der Waals surface area contributed by atoms with E-state index in [9.17, 15) is 10.5 Å². The normalized spacial score (nSPS) is 11.3. The molecule has 17 rings (SSSR count). The summed E-state index contributed by atoms with van der Waals surface area (Å²) in [6, 6.07) is 103. The number of fused-ring (bicyclic) bond motifs is 6. The first-order valence-electron chi connectivity index (χ1n) is 31.3. The van der Waals surface area contributed by atoms with Gasteiger partial charge in [-0.25, -0.2) is 44.9 Å². The summed E-state index contributed by atoms with van der Waals surface area (Å²) in [6.45, 7) is 0. The van der Waals surface area contributed by atoms with Gasteiger partial charge in [0.05, 0.1) is 56.7 Å². The van der Waals surface area contributed by atoms with Gasteiger partial charge >= 0.3 is 0 Å². The molecule has 96 heavy (non-hydrogen) atoms. The van der Waals surface area contributed by atoms with Gasteiger partial charge in [-0.05, 0) is 96.1 Å². The lowest BCUT2D eigenvalue weighted by atomic mass is 9.97. The number of benzene rings is 12. The molecule has 0 aliphatic heterocycles. The maximum absolute atomic E-state index is 10.8. The molecule has 0 unspecified atom stereocenters. The monoisotopic (exact) mass is 1230 g/mol. The van der Waals surface area contributed by atoms with Crippen molar-refractivity contribution in [2.45, 2.75) is 0 Å². The Hall–Kier alpha value is -13.8. The zero-order valence-corrected chi connectivity index (χ0v) is 51.1. The average molecular weight is 1230 g/mol. The molecule has 12 aromatic carbocycles. The van der Waals surface area contributed by atoms with Crippen molar-refractivity contribution in [3.05, 3.63) is 308 Å². The van der Waals surface area contributed by atoms with Gasteiger partial charge in [-0.15, -0.1) is 0 Å². The molecule has 17 aromatic rings. The molecular weight excluding hydrogens is 1180 g/mol. The van der Waals surface area contributed by atoms with Gasteiger partial charge in [-0.1, -0.05) is 212 Å². The zero-order chi connectivity index (χ0) is 64.1. The smallest absolute Gasteiger partial charge is 0.166 e. The highest BCUT2D eigenvalue weighted by Gasteiger charge is 2.25. The van der Waals surface area contributed by atoms with Gasteiger partial charge in [-0.2, -0.15) is 10.5 Å². The highest BCUT2D eigenvalue weighted by atomic mass is 15.1. The Morgan fingerprint density at radius 3 is 1.02 bits per heavy atom. The van der Waals surface area contributed by atoms with Gasteiger partial charge in [0.25, 0.3) is 0 Å². The number of hydrogen-bond donors (Lipinski definition) is 0. The van der Waals surface area contributed by atoms with E-state index < -0.39 is 0 Å². The van der Waals surface area contributed by atoms with Gasteiger partial charge in [0.15, 0.2) is 52.4 Å². The van der Waals surface area contributed by atoms with Crippen LogP contribution in [0, 0.1) is 22.7 Å². The number of aromatic nitrogens is 11. The number of nitrogens with zero attached hydrogens (tertiary/aromatic N) is 13. The number of nitriles is 2. The van der Waals surface area contributed by atoms with Crippen LogP contribution in [0.3, 0.4) is 0 Å². The maximum Gasteiger partial charge on any atom is 0.166 e. The van der Waals surface area contributed by atoms with Crippen LogP contribution in [0.15, 0.2) is 297 Å².